The van der Waals surface area contributed by atoms with Gasteiger partial charge < -0.3 is 9.26 Å². The summed E-state index contributed by atoms with van der Waals surface area (Å²) in [6.07, 6.45) is 7.01. The zero-order valence-corrected chi connectivity index (χ0v) is 15.4. The van der Waals surface area contributed by atoms with E-state index in [0.717, 1.165) is 30.8 Å². The summed E-state index contributed by atoms with van der Waals surface area (Å²) >= 11 is 0. The molecule has 0 aliphatic heterocycles. The van der Waals surface area contributed by atoms with Crippen LogP contribution in [0.2, 0.25) is 0 Å². The van der Waals surface area contributed by atoms with E-state index < -0.39 is 0 Å². The second-order valence-corrected chi connectivity index (χ2v) is 7.67. The van der Waals surface area contributed by atoms with Crippen molar-refractivity contribution in [3.8, 4) is 5.75 Å². The highest BCUT2D eigenvalue weighted by Gasteiger charge is 2.54. The average Bonchev–Trinajstić information content (AvgIpc) is 3.29. The number of nitrogens with zero attached hydrogens (tertiary/aromatic N) is 3. The number of rotatable bonds is 2. The third kappa shape index (κ3) is 1.91. The molecule has 2 aliphatic rings. The van der Waals surface area contributed by atoms with Gasteiger partial charge in [-0.25, -0.2) is 0 Å². The third-order valence-electron chi connectivity index (χ3n) is 6.54. The summed E-state index contributed by atoms with van der Waals surface area (Å²) < 4.78 is 13.3. The van der Waals surface area contributed by atoms with Gasteiger partial charge in [-0.15, -0.1) is 0 Å². The Morgan fingerprint density at radius 2 is 2.15 bits per heavy atom. The molecule has 0 N–H and O–H groups in total. The van der Waals surface area contributed by atoms with Gasteiger partial charge in [0.15, 0.2) is 0 Å². The number of methoxy groups -OCH3 is 1. The van der Waals surface area contributed by atoms with E-state index in [4.69, 9.17) is 9.26 Å². The fourth-order valence-electron chi connectivity index (χ4n) is 5.48. The second kappa shape index (κ2) is 5.47. The maximum absolute atomic E-state index is 5.65. The van der Waals surface area contributed by atoms with Crippen LogP contribution in [0.4, 0.5) is 0 Å². The molecule has 134 valence electrons. The molecule has 2 heterocycles. The lowest BCUT2D eigenvalue weighted by Crippen LogP contribution is -2.48. The zero-order chi connectivity index (χ0) is 17.9. The van der Waals surface area contributed by atoms with Gasteiger partial charge in [0, 0.05) is 23.9 Å². The van der Waals surface area contributed by atoms with E-state index >= 15 is 0 Å². The smallest absolute Gasteiger partial charge is 0.143 e. The first-order valence-corrected chi connectivity index (χ1v) is 9.24. The van der Waals surface area contributed by atoms with Crippen LogP contribution in [0, 0.1) is 5.92 Å². The monoisotopic (exact) mass is 349 g/mol. The summed E-state index contributed by atoms with van der Waals surface area (Å²) in [5, 5.41) is 8.73. The predicted molar refractivity (Wildman–Crippen MR) is 97.4 cm³/mol. The molecule has 5 nitrogen and oxygen atoms in total. The molecule has 3 atom stereocenters. The SMILES string of the molecule is COc1cccc([C@]23Cc4cnoc4[C@@H](C)[C@@H]2CCc2cnn(C)c23)c1. The minimum atomic E-state index is -0.134. The lowest BCUT2D eigenvalue weighted by Gasteiger charge is -2.49. The van der Waals surface area contributed by atoms with E-state index in [9.17, 15) is 0 Å². The van der Waals surface area contributed by atoms with Gasteiger partial charge in [-0.05, 0) is 48.4 Å². The highest BCUT2D eigenvalue weighted by Crippen LogP contribution is 2.57. The molecule has 0 bridgehead atoms. The van der Waals surface area contributed by atoms with Crippen molar-refractivity contribution >= 4 is 0 Å². The van der Waals surface area contributed by atoms with Crippen molar-refractivity contribution in [2.24, 2.45) is 13.0 Å². The average molecular weight is 349 g/mol. The maximum atomic E-state index is 5.65. The van der Waals surface area contributed by atoms with Crippen LogP contribution < -0.4 is 4.74 Å². The number of benzene rings is 1. The molecule has 2 aromatic heterocycles. The van der Waals surface area contributed by atoms with Gasteiger partial charge in [0.25, 0.3) is 0 Å². The van der Waals surface area contributed by atoms with E-state index in [-0.39, 0.29) is 5.41 Å². The van der Waals surface area contributed by atoms with Gasteiger partial charge in [0.05, 0.1) is 25.2 Å². The molecule has 0 amide bonds. The largest absolute Gasteiger partial charge is 0.497 e. The topological polar surface area (TPSA) is 53.1 Å². The molecule has 0 radical (unpaired) electrons. The molecule has 0 unspecified atom stereocenters. The van der Waals surface area contributed by atoms with E-state index in [1.807, 2.05) is 18.5 Å². The highest BCUT2D eigenvalue weighted by molar-refractivity contribution is 5.50. The van der Waals surface area contributed by atoms with Crippen molar-refractivity contribution in [1.29, 1.82) is 0 Å². The fourth-order valence-corrected chi connectivity index (χ4v) is 5.48. The molecular formula is C21H23N3O2. The minimum Gasteiger partial charge on any atom is -0.497 e. The van der Waals surface area contributed by atoms with Crippen LogP contribution in [0.15, 0.2) is 41.2 Å². The molecule has 5 heteroatoms. The van der Waals surface area contributed by atoms with Crippen molar-refractivity contribution in [3.05, 3.63) is 64.8 Å². The summed E-state index contributed by atoms with van der Waals surface area (Å²) in [6, 6.07) is 8.54. The Kier molecular flexibility index (Phi) is 3.30. The Morgan fingerprint density at radius 1 is 1.27 bits per heavy atom. The Bertz CT molecular complexity index is 973. The summed E-state index contributed by atoms with van der Waals surface area (Å²) in [5.74, 6) is 2.71. The number of hydrogen-bond acceptors (Lipinski definition) is 4. The van der Waals surface area contributed by atoms with Crippen molar-refractivity contribution in [3.63, 3.8) is 0 Å². The Balaban J connectivity index is 1.82. The second-order valence-electron chi connectivity index (χ2n) is 7.67. The van der Waals surface area contributed by atoms with Crippen LogP contribution in [0.3, 0.4) is 0 Å². The minimum absolute atomic E-state index is 0.134. The van der Waals surface area contributed by atoms with E-state index in [1.54, 1.807) is 7.11 Å². The van der Waals surface area contributed by atoms with Crippen LogP contribution in [0.5, 0.6) is 5.75 Å². The van der Waals surface area contributed by atoms with Gasteiger partial charge >= 0.3 is 0 Å². The molecule has 26 heavy (non-hydrogen) atoms. The molecule has 1 aromatic carbocycles. The molecule has 0 saturated carbocycles. The Hall–Kier alpha value is -2.56. The van der Waals surface area contributed by atoms with E-state index in [1.165, 1.54) is 22.4 Å². The number of ether oxygens (including phenoxy) is 1. The first kappa shape index (κ1) is 15.7. The summed E-state index contributed by atoms with van der Waals surface area (Å²) in [4.78, 5) is 0. The highest BCUT2D eigenvalue weighted by atomic mass is 16.5. The summed E-state index contributed by atoms with van der Waals surface area (Å²) in [5.41, 5.74) is 5.07. The van der Waals surface area contributed by atoms with Crippen LogP contribution in [-0.4, -0.2) is 22.0 Å². The van der Waals surface area contributed by atoms with Gasteiger partial charge in [0.2, 0.25) is 0 Å². The van der Waals surface area contributed by atoms with Crippen LogP contribution in [0.25, 0.3) is 0 Å². The first-order valence-electron chi connectivity index (χ1n) is 9.24. The number of fused-ring (bicyclic) bond motifs is 4. The lowest BCUT2D eigenvalue weighted by molar-refractivity contribution is 0.185. The summed E-state index contributed by atoms with van der Waals surface area (Å²) in [6.45, 7) is 2.28. The first-order chi connectivity index (χ1) is 12.6. The summed E-state index contributed by atoms with van der Waals surface area (Å²) in [7, 11) is 3.79. The molecule has 5 rings (SSSR count). The Labute approximate surface area is 153 Å². The van der Waals surface area contributed by atoms with Gasteiger partial charge in [0.1, 0.15) is 11.5 Å². The van der Waals surface area contributed by atoms with Crippen molar-refractivity contribution in [1.82, 2.24) is 14.9 Å². The van der Waals surface area contributed by atoms with E-state index in [0.29, 0.717) is 11.8 Å². The normalized spacial score (nSPS) is 26.7. The van der Waals surface area contributed by atoms with E-state index in [2.05, 4.69) is 47.1 Å². The van der Waals surface area contributed by atoms with Crippen LogP contribution in [-0.2, 0) is 25.3 Å². The molecular weight excluding hydrogens is 326 g/mol. The zero-order valence-electron chi connectivity index (χ0n) is 15.4. The number of aromatic nitrogens is 3. The van der Waals surface area contributed by atoms with Crippen LogP contribution in [0.1, 0.15) is 47.4 Å². The van der Waals surface area contributed by atoms with Gasteiger partial charge in [-0.3, -0.25) is 4.68 Å². The third-order valence-corrected chi connectivity index (χ3v) is 6.54. The number of aryl methyl sites for hydroxylation is 2. The molecule has 0 spiro atoms. The lowest BCUT2D eigenvalue weighted by atomic mass is 9.53. The predicted octanol–water partition coefficient (Wildman–Crippen LogP) is 3.63. The molecule has 0 fully saturated rings. The quantitative estimate of drug-likeness (QED) is 0.709. The van der Waals surface area contributed by atoms with Crippen molar-refractivity contribution in [2.75, 3.05) is 7.11 Å². The van der Waals surface area contributed by atoms with Crippen molar-refractivity contribution in [2.45, 2.75) is 37.5 Å². The molecule has 2 aliphatic carbocycles. The Morgan fingerprint density at radius 3 is 3.00 bits per heavy atom. The molecule has 3 aromatic rings. The van der Waals surface area contributed by atoms with Crippen molar-refractivity contribution < 1.29 is 9.26 Å². The van der Waals surface area contributed by atoms with Crippen LogP contribution >= 0.6 is 0 Å². The molecule has 0 saturated heterocycles. The number of hydrogen-bond donors (Lipinski definition) is 0. The maximum Gasteiger partial charge on any atom is 0.143 e. The fraction of sp³-hybridized carbons (Fsp3) is 0.429. The standard InChI is InChI=1S/C21H23N3O2/c1-13-18-8-7-14-11-22-24(2)20(14)21(18,10-15-12-23-26-19(13)15)16-5-4-6-17(9-16)25-3/h4-6,9,11-13,18H,7-8,10H2,1-3H3/t13-,18-,21+/m0/s1. The van der Waals surface area contributed by atoms with Gasteiger partial charge in [-0.1, -0.05) is 24.2 Å². The van der Waals surface area contributed by atoms with Gasteiger partial charge in [-0.2, -0.15) is 5.10 Å².